The summed E-state index contributed by atoms with van der Waals surface area (Å²) >= 11 is 0. The highest BCUT2D eigenvalue weighted by Gasteiger charge is 2.28. The Labute approximate surface area is 124 Å². The van der Waals surface area contributed by atoms with E-state index in [1.807, 2.05) is 0 Å². The summed E-state index contributed by atoms with van der Waals surface area (Å²) in [6, 6.07) is 2.66. The molecule has 0 radical (unpaired) electrons. The third-order valence-corrected chi connectivity index (χ3v) is 4.38. The zero-order valence-electron chi connectivity index (χ0n) is 13.8. The van der Waals surface area contributed by atoms with Gasteiger partial charge in [-0.15, -0.1) is 0 Å². The third kappa shape index (κ3) is 4.34. The van der Waals surface area contributed by atoms with Crippen molar-refractivity contribution in [2.45, 2.75) is 71.9 Å². The first-order valence-electron chi connectivity index (χ1n) is 8.14. The van der Waals surface area contributed by atoms with Gasteiger partial charge in [-0.3, -0.25) is 4.68 Å². The van der Waals surface area contributed by atoms with Crippen molar-refractivity contribution in [2.75, 3.05) is 6.54 Å². The van der Waals surface area contributed by atoms with Gasteiger partial charge in [-0.05, 0) is 78.3 Å². The zero-order valence-corrected chi connectivity index (χ0v) is 13.8. The van der Waals surface area contributed by atoms with Gasteiger partial charge >= 0.3 is 0 Å². The molecule has 0 amide bonds. The van der Waals surface area contributed by atoms with E-state index in [2.05, 4.69) is 56.9 Å². The first kappa shape index (κ1) is 15.6. The number of nitrogens with one attached hydrogen (secondary N) is 1. The summed E-state index contributed by atoms with van der Waals surface area (Å²) in [6.07, 6.45) is 7.39. The van der Waals surface area contributed by atoms with Gasteiger partial charge in [0.25, 0.3) is 0 Å². The predicted octanol–water partition coefficient (Wildman–Crippen LogP) is 3.81. The molecule has 1 aliphatic rings. The van der Waals surface area contributed by atoms with Crippen LogP contribution in [0, 0.1) is 11.8 Å². The molecule has 0 bridgehead atoms. The van der Waals surface area contributed by atoms with E-state index >= 15 is 0 Å². The van der Waals surface area contributed by atoms with Crippen LogP contribution >= 0.6 is 0 Å². The van der Waals surface area contributed by atoms with E-state index in [4.69, 9.17) is 5.10 Å². The fourth-order valence-corrected chi connectivity index (χ4v) is 3.13. The Kier molecular flexibility index (Phi) is 4.90. The molecule has 1 heterocycles. The molecule has 2 atom stereocenters. The second-order valence-electron chi connectivity index (χ2n) is 7.67. The highest BCUT2D eigenvalue weighted by atomic mass is 15.3. The molecule has 3 heteroatoms. The molecule has 2 rings (SSSR count). The molecule has 0 saturated heterocycles. The predicted molar refractivity (Wildman–Crippen MR) is 84.9 cm³/mol. The SMILES string of the molecule is CC(C)n1ccc(CC2CCCC2CNC(C)(C)C)n1. The number of aromatic nitrogens is 2. The smallest absolute Gasteiger partial charge is 0.0627 e. The van der Waals surface area contributed by atoms with Crippen molar-refractivity contribution in [3.05, 3.63) is 18.0 Å². The Morgan fingerprint density at radius 1 is 1.30 bits per heavy atom. The lowest BCUT2D eigenvalue weighted by atomic mass is 9.91. The van der Waals surface area contributed by atoms with Crippen LogP contribution < -0.4 is 5.32 Å². The van der Waals surface area contributed by atoms with Gasteiger partial charge in [0.1, 0.15) is 0 Å². The summed E-state index contributed by atoms with van der Waals surface area (Å²) < 4.78 is 2.08. The van der Waals surface area contributed by atoms with Crippen LogP contribution in [0.25, 0.3) is 0 Å². The number of nitrogens with zero attached hydrogens (tertiary/aromatic N) is 2. The number of hydrogen-bond acceptors (Lipinski definition) is 2. The first-order valence-corrected chi connectivity index (χ1v) is 8.14. The molecular weight excluding hydrogens is 246 g/mol. The summed E-state index contributed by atoms with van der Waals surface area (Å²) in [5, 5.41) is 8.39. The Balaban J connectivity index is 1.90. The van der Waals surface area contributed by atoms with Crippen molar-refractivity contribution in [2.24, 2.45) is 11.8 Å². The largest absolute Gasteiger partial charge is 0.312 e. The van der Waals surface area contributed by atoms with Crippen LogP contribution in [0.4, 0.5) is 0 Å². The summed E-state index contributed by atoms with van der Waals surface area (Å²) in [5.74, 6) is 1.62. The molecule has 0 aliphatic heterocycles. The lowest BCUT2D eigenvalue weighted by Crippen LogP contribution is -2.40. The molecule has 1 N–H and O–H groups in total. The van der Waals surface area contributed by atoms with Crippen molar-refractivity contribution in [3.63, 3.8) is 0 Å². The van der Waals surface area contributed by atoms with Crippen LogP contribution in [0.3, 0.4) is 0 Å². The molecule has 114 valence electrons. The summed E-state index contributed by atoms with van der Waals surface area (Å²) in [4.78, 5) is 0. The van der Waals surface area contributed by atoms with Crippen LogP contribution in [-0.2, 0) is 6.42 Å². The average molecular weight is 277 g/mol. The Bertz CT molecular complexity index is 414. The normalized spacial score (nSPS) is 23.7. The van der Waals surface area contributed by atoms with Crippen LogP contribution in [0.1, 0.15) is 65.6 Å². The monoisotopic (exact) mass is 277 g/mol. The first-order chi connectivity index (χ1) is 9.35. The molecular formula is C17H31N3. The van der Waals surface area contributed by atoms with Gasteiger partial charge in [0.2, 0.25) is 0 Å². The lowest BCUT2D eigenvalue weighted by Gasteiger charge is -2.26. The van der Waals surface area contributed by atoms with E-state index in [1.54, 1.807) is 0 Å². The maximum Gasteiger partial charge on any atom is 0.0627 e. The van der Waals surface area contributed by atoms with Gasteiger partial charge in [-0.2, -0.15) is 5.10 Å². The summed E-state index contributed by atoms with van der Waals surface area (Å²) in [5.41, 5.74) is 1.50. The Morgan fingerprint density at radius 3 is 2.60 bits per heavy atom. The van der Waals surface area contributed by atoms with Crippen molar-refractivity contribution < 1.29 is 0 Å². The van der Waals surface area contributed by atoms with Gasteiger partial charge in [0.05, 0.1) is 5.69 Å². The standard InChI is InChI=1S/C17H31N3/c1-13(2)20-10-9-16(19-20)11-14-7-6-8-15(14)12-18-17(3,4)5/h9-10,13-15,18H,6-8,11-12H2,1-5H3. The molecule has 0 aromatic carbocycles. The maximum absolute atomic E-state index is 4.71. The second-order valence-corrected chi connectivity index (χ2v) is 7.67. The number of rotatable bonds is 5. The van der Waals surface area contributed by atoms with E-state index < -0.39 is 0 Å². The Morgan fingerprint density at radius 2 is 2.00 bits per heavy atom. The number of hydrogen-bond donors (Lipinski definition) is 1. The topological polar surface area (TPSA) is 29.9 Å². The minimum Gasteiger partial charge on any atom is -0.312 e. The molecule has 1 aromatic rings. The minimum atomic E-state index is 0.229. The molecule has 2 unspecified atom stereocenters. The quantitative estimate of drug-likeness (QED) is 0.887. The van der Waals surface area contributed by atoms with Crippen molar-refractivity contribution in [1.82, 2.24) is 15.1 Å². The van der Waals surface area contributed by atoms with Crippen LogP contribution in [0.15, 0.2) is 12.3 Å². The highest BCUT2D eigenvalue weighted by molar-refractivity contribution is 5.02. The van der Waals surface area contributed by atoms with E-state index in [9.17, 15) is 0 Å². The lowest BCUT2D eigenvalue weighted by molar-refractivity contribution is 0.315. The fraction of sp³-hybridized carbons (Fsp3) is 0.824. The summed E-state index contributed by atoms with van der Waals surface area (Å²) in [6.45, 7) is 12.3. The van der Waals surface area contributed by atoms with E-state index in [0.717, 1.165) is 24.8 Å². The van der Waals surface area contributed by atoms with Crippen LogP contribution in [0.2, 0.25) is 0 Å². The molecule has 3 nitrogen and oxygen atoms in total. The Hall–Kier alpha value is -0.830. The fourth-order valence-electron chi connectivity index (χ4n) is 3.13. The molecule has 1 aromatic heterocycles. The van der Waals surface area contributed by atoms with Crippen molar-refractivity contribution in [3.8, 4) is 0 Å². The molecule has 20 heavy (non-hydrogen) atoms. The van der Waals surface area contributed by atoms with Gasteiger partial charge in [0.15, 0.2) is 0 Å². The minimum absolute atomic E-state index is 0.229. The average Bonchev–Trinajstić information content (AvgIpc) is 2.95. The van der Waals surface area contributed by atoms with Gasteiger partial charge in [-0.1, -0.05) is 6.42 Å². The maximum atomic E-state index is 4.71. The zero-order chi connectivity index (χ0) is 14.8. The van der Waals surface area contributed by atoms with Crippen molar-refractivity contribution in [1.29, 1.82) is 0 Å². The summed E-state index contributed by atoms with van der Waals surface area (Å²) in [7, 11) is 0. The van der Waals surface area contributed by atoms with Gasteiger partial charge < -0.3 is 5.32 Å². The molecule has 1 fully saturated rings. The van der Waals surface area contributed by atoms with E-state index in [-0.39, 0.29) is 5.54 Å². The van der Waals surface area contributed by atoms with Crippen LogP contribution in [0.5, 0.6) is 0 Å². The third-order valence-electron chi connectivity index (χ3n) is 4.38. The van der Waals surface area contributed by atoms with Gasteiger partial charge in [-0.25, -0.2) is 0 Å². The van der Waals surface area contributed by atoms with Gasteiger partial charge in [0, 0.05) is 17.8 Å². The van der Waals surface area contributed by atoms with E-state index in [1.165, 1.54) is 25.0 Å². The molecule has 1 aliphatic carbocycles. The van der Waals surface area contributed by atoms with E-state index in [0.29, 0.717) is 6.04 Å². The van der Waals surface area contributed by atoms with Crippen molar-refractivity contribution >= 4 is 0 Å². The highest BCUT2D eigenvalue weighted by Crippen LogP contribution is 2.34. The van der Waals surface area contributed by atoms with Crippen LogP contribution in [-0.4, -0.2) is 21.9 Å². The molecule has 0 spiro atoms. The molecule has 1 saturated carbocycles. The second kappa shape index (κ2) is 6.30.